The van der Waals surface area contributed by atoms with Crippen LogP contribution in [0.25, 0.3) is 0 Å². The van der Waals surface area contributed by atoms with Crippen LogP contribution in [0.1, 0.15) is 64.7 Å². The van der Waals surface area contributed by atoms with E-state index >= 15 is 0 Å². The molecule has 3 rings (SSSR count). The second-order valence-corrected chi connectivity index (χ2v) is 10.0. The lowest BCUT2D eigenvalue weighted by molar-refractivity contribution is -0.0861. The van der Waals surface area contributed by atoms with Crippen LogP contribution in [0.15, 0.2) is 24.3 Å². The Morgan fingerprint density at radius 1 is 0.931 bits per heavy atom. The van der Waals surface area contributed by atoms with E-state index in [1.54, 1.807) is 4.90 Å². The van der Waals surface area contributed by atoms with Gasteiger partial charge in [0.25, 0.3) is 0 Å². The molecule has 2 aliphatic rings. The molecule has 160 valence electrons. The second-order valence-electron chi connectivity index (χ2n) is 10.0. The summed E-state index contributed by atoms with van der Waals surface area (Å²) < 4.78 is 17.1. The van der Waals surface area contributed by atoms with Crippen molar-refractivity contribution in [2.24, 2.45) is 5.92 Å². The highest BCUT2D eigenvalue weighted by atomic mass is 16.6. The molecule has 0 aliphatic carbocycles. The molecule has 0 aromatic heterocycles. The van der Waals surface area contributed by atoms with Crippen molar-refractivity contribution in [3.05, 3.63) is 29.8 Å². The number of amides is 1. The summed E-state index contributed by atoms with van der Waals surface area (Å²) in [7, 11) is 0. The Hall–Kier alpha value is -2.08. The van der Waals surface area contributed by atoms with Gasteiger partial charge in [-0.15, -0.1) is 0 Å². The number of hydrogen-bond acceptors (Lipinski definition) is 5. The fraction of sp³-hybridized carbons (Fsp3) is 0.652. The van der Waals surface area contributed by atoms with Crippen molar-refractivity contribution in [2.45, 2.75) is 77.7 Å². The summed E-state index contributed by atoms with van der Waals surface area (Å²) >= 11 is 0. The number of carbonyl (C=O) groups excluding carboxylic acids is 2. The molecule has 2 fully saturated rings. The Balaban J connectivity index is 1.69. The molecule has 2 saturated heterocycles. The van der Waals surface area contributed by atoms with Crippen molar-refractivity contribution in [3.63, 3.8) is 0 Å². The highest BCUT2D eigenvalue weighted by molar-refractivity contribution is 5.98. The average molecular weight is 404 g/mol. The zero-order chi connectivity index (χ0) is 21.4. The molecular weight excluding hydrogens is 370 g/mol. The molecular formula is C23H33NO5. The standard InChI is InChI=1S/C23H33NO5/c1-22(2,3)28-19-9-7-15(8-10-19)20(25)16-11-17-13-27-14-18(12-16)24(17)21(26)29-23(4,5)6/h7-10,16-18H,11-14H2,1-6H3. The van der Waals surface area contributed by atoms with Crippen molar-refractivity contribution in [3.8, 4) is 5.75 Å². The number of rotatable bonds is 3. The molecule has 0 radical (unpaired) electrons. The minimum atomic E-state index is -0.546. The molecule has 2 bridgehead atoms. The zero-order valence-corrected chi connectivity index (χ0v) is 18.4. The van der Waals surface area contributed by atoms with E-state index in [0.717, 1.165) is 5.75 Å². The Kier molecular flexibility index (Phi) is 5.95. The van der Waals surface area contributed by atoms with Gasteiger partial charge in [-0.25, -0.2) is 4.79 Å². The van der Waals surface area contributed by atoms with Gasteiger partial charge in [0.2, 0.25) is 0 Å². The SMILES string of the molecule is CC(C)(C)OC(=O)N1C2COCC1CC(C(=O)c1ccc(OC(C)(C)C)cc1)C2. The van der Waals surface area contributed by atoms with Gasteiger partial charge in [-0.3, -0.25) is 9.69 Å². The summed E-state index contributed by atoms with van der Waals surface area (Å²) in [4.78, 5) is 27.6. The molecule has 0 N–H and O–H groups in total. The number of nitrogens with zero attached hydrogens (tertiary/aromatic N) is 1. The molecule has 6 nitrogen and oxygen atoms in total. The van der Waals surface area contributed by atoms with Crippen LogP contribution in [-0.2, 0) is 9.47 Å². The van der Waals surface area contributed by atoms with Crippen LogP contribution in [0.5, 0.6) is 5.75 Å². The number of ether oxygens (including phenoxy) is 3. The largest absolute Gasteiger partial charge is 0.488 e. The molecule has 1 aromatic carbocycles. The van der Waals surface area contributed by atoms with E-state index in [9.17, 15) is 9.59 Å². The minimum Gasteiger partial charge on any atom is -0.488 e. The number of hydrogen-bond donors (Lipinski definition) is 0. The van der Waals surface area contributed by atoms with Crippen molar-refractivity contribution < 1.29 is 23.8 Å². The molecule has 0 spiro atoms. The normalized spacial score (nSPS) is 24.8. The van der Waals surface area contributed by atoms with Crippen LogP contribution in [0.4, 0.5) is 4.79 Å². The second kappa shape index (κ2) is 7.98. The van der Waals surface area contributed by atoms with Gasteiger partial charge in [-0.2, -0.15) is 0 Å². The molecule has 1 amide bonds. The summed E-state index contributed by atoms with van der Waals surface area (Å²) in [5.74, 6) is 0.745. The van der Waals surface area contributed by atoms with Crippen molar-refractivity contribution >= 4 is 11.9 Å². The number of ketones is 1. The summed E-state index contributed by atoms with van der Waals surface area (Å²) in [6.45, 7) is 12.4. The first-order chi connectivity index (χ1) is 13.4. The first kappa shape index (κ1) is 21.6. The lowest BCUT2D eigenvalue weighted by Gasteiger charge is -2.47. The van der Waals surface area contributed by atoms with Crippen molar-refractivity contribution in [1.29, 1.82) is 0 Å². The van der Waals surface area contributed by atoms with Crippen LogP contribution < -0.4 is 4.74 Å². The third kappa shape index (κ3) is 5.50. The van der Waals surface area contributed by atoms with E-state index in [1.807, 2.05) is 65.8 Å². The van der Waals surface area contributed by atoms with Crippen LogP contribution >= 0.6 is 0 Å². The topological polar surface area (TPSA) is 65.1 Å². The number of piperidine rings is 1. The highest BCUT2D eigenvalue weighted by Gasteiger charge is 2.45. The number of benzene rings is 1. The molecule has 2 unspecified atom stereocenters. The third-order valence-electron chi connectivity index (χ3n) is 5.06. The summed E-state index contributed by atoms with van der Waals surface area (Å²) in [5.41, 5.74) is -0.145. The first-order valence-corrected chi connectivity index (χ1v) is 10.4. The highest BCUT2D eigenvalue weighted by Crippen LogP contribution is 2.35. The molecule has 2 aliphatic heterocycles. The van der Waals surface area contributed by atoms with E-state index in [1.165, 1.54) is 0 Å². The Morgan fingerprint density at radius 3 is 1.97 bits per heavy atom. The monoisotopic (exact) mass is 403 g/mol. The molecule has 6 heteroatoms. The zero-order valence-electron chi connectivity index (χ0n) is 18.4. The van der Waals surface area contributed by atoms with Gasteiger partial charge in [0.1, 0.15) is 17.0 Å². The summed E-state index contributed by atoms with van der Waals surface area (Å²) in [6, 6.07) is 7.09. The number of Topliss-reactive ketones (excluding diaryl/α,β-unsaturated/α-hetero) is 1. The van der Waals surface area contributed by atoms with E-state index in [0.29, 0.717) is 31.6 Å². The maximum atomic E-state index is 13.1. The lowest BCUT2D eigenvalue weighted by atomic mass is 9.81. The Bertz CT molecular complexity index is 730. The average Bonchev–Trinajstić information content (AvgIpc) is 2.57. The number of carbonyl (C=O) groups is 2. The third-order valence-corrected chi connectivity index (χ3v) is 5.06. The quantitative estimate of drug-likeness (QED) is 0.697. The van der Waals surface area contributed by atoms with Gasteiger partial charge < -0.3 is 14.2 Å². The van der Waals surface area contributed by atoms with E-state index in [4.69, 9.17) is 14.2 Å². The maximum Gasteiger partial charge on any atom is 0.410 e. The van der Waals surface area contributed by atoms with E-state index < -0.39 is 5.60 Å². The first-order valence-electron chi connectivity index (χ1n) is 10.4. The fourth-order valence-electron chi connectivity index (χ4n) is 4.02. The Morgan fingerprint density at radius 2 is 1.48 bits per heavy atom. The van der Waals surface area contributed by atoms with Gasteiger partial charge in [0, 0.05) is 11.5 Å². The smallest absolute Gasteiger partial charge is 0.410 e. The lowest BCUT2D eigenvalue weighted by Crippen LogP contribution is -2.60. The minimum absolute atomic E-state index is 0.119. The summed E-state index contributed by atoms with van der Waals surface area (Å²) in [6.07, 6.45) is 0.870. The predicted octanol–water partition coefficient (Wildman–Crippen LogP) is 4.46. The van der Waals surface area contributed by atoms with Gasteiger partial charge in [0.05, 0.1) is 25.3 Å². The molecule has 0 saturated carbocycles. The van der Waals surface area contributed by atoms with Crippen molar-refractivity contribution in [2.75, 3.05) is 13.2 Å². The Labute approximate surface area is 173 Å². The van der Waals surface area contributed by atoms with Crippen LogP contribution in [0.2, 0.25) is 0 Å². The van der Waals surface area contributed by atoms with Gasteiger partial charge >= 0.3 is 6.09 Å². The van der Waals surface area contributed by atoms with Gasteiger partial charge in [0.15, 0.2) is 5.78 Å². The number of morpholine rings is 1. The van der Waals surface area contributed by atoms with Crippen molar-refractivity contribution in [1.82, 2.24) is 4.90 Å². The molecule has 2 heterocycles. The predicted molar refractivity (Wildman–Crippen MR) is 110 cm³/mol. The molecule has 1 aromatic rings. The fourth-order valence-corrected chi connectivity index (χ4v) is 4.02. The van der Waals surface area contributed by atoms with Crippen LogP contribution in [-0.4, -0.2) is 53.3 Å². The molecule has 29 heavy (non-hydrogen) atoms. The number of fused-ring (bicyclic) bond motifs is 2. The van der Waals surface area contributed by atoms with Gasteiger partial charge in [-0.05, 0) is 78.6 Å². The summed E-state index contributed by atoms with van der Waals surface area (Å²) in [5, 5.41) is 0. The van der Waals surface area contributed by atoms with Crippen LogP contribution in [0.3, 0.4) is 0 Å². The van der Waals surface area contributed by atoms with Gasteiger partial charge in [-0.1, -0.05) is 0 Å². The maximum absolute atomic E-state index is 13.1. The van der Waals surface area contributed by atoms with E-state index in [-0.39, 0.29) is 35.5 Å². The van der Waals surface area contributed by atoms with Crippen LogP contribution in [0, 0.1) is 5.92 Å². The van der Waals surface area contributed by atoms with E-state index in [2.05, 4.69) is 0 Å². The molecule has 2 atom stereocenters.